The van der Waals surface area contributed by atoms with Crippen molar-refractivity contribution in [3.63, 3.8) is 0 Å². The van der Waals surface area contributed by atoms with E-state index < -0.39 is 0 Å². The molecule has 0 saturated heterocycles. The molecule has 6 atom stereocenters. The molecule has 0 aliphatic heterocycles. The third-order valence-electron chi connectivity index (χ3n) is 8.27. The number of carbonyl (C=O) groups excluding carboxylic acids is 2. The van der Waals surface area contributed by atoms with Crippen molar-refractivity contribution >= 4 is 11.9 Å². The van der Waals surface area contributed by atoms with Gasteiger partial charge in [-0.2, -0.15) is 0 Å². The van der Waals surface area contributed by atoms with E-state index in [2.05, 4.69) is 26.0 Å². The first-order valence-electron chi connectivity index (χ1n) is 10.5. The van der Waals surface area contributed by atoms with E-state index in [9.17, 15) is 9.59 Å². The third kappa shape index (κ3) is 2.96. The summed E-state index contributed by atoms with van der Waals surface area (Å²) in [5.74, 6) is 3.05. The van der Waals surface area contributed by atoms with Crippen molar-refractivity contribution in [2.45, 2.75) is 78.2 Å². The Morgan fingerprint density at radius 3 is 2.52 bits per heavy atom. The van der Waals surface area contributed by atoms with E-state index in [4.69, 9.17) is 9.47 Å². The smallest absolute Gasteiger partial charge is 0.307 e. The average molecular weight is 373 g/mol. The van der Waals surface area contributed by atoms with Gasteiger partial charge in [0.05, 0.1) is 0 Å². The molecule has 4 aliphatic carbocycles. The molecule has 0 aromatic carbocycles. The summed E-state index contributed by atoms with van der Waals surface area (Å²) < 4.78 is 11.3. The molecule has 0 bridgehead atoms. The zero-order chi connectivity index (χ0) is 19.4. The summed E-state index contributed by atoms with van der Waals surface area (Å²) in [4.78, 5) is 23.0. The molecule has 0 aromatic heterocycles. The maximum Gasteiger partial charge on any atom is 0.307 e. The van der Waals surface area contributed by atoms with Gasteiger partial charge in [-0.05, 0) is 80.8 Å². The Labute approximate surface area is 162 Å². The van der Waals surface area contributed by atoms with Gasteiger partial charge in [0.15, 0.2) is 0 Å². The van der Waals surface area contributed by atoms with Crippen LogP contribution in [0.1, 0.15) is 72.6 Å². The van der Waals surface area contributed by atoms with Gasteiger partial charge in [0.2, 0.25) is 0 Å². The van der Waals surface area contributed by atoms with Crippen molar-refractivity contribution in [1.29, 1.82) is 0 Å². The quantitative estimate of drug-likeness (QED) is 0.644. The molecule has 4 nitrogen and oxygen atoms in total. The number of allylic oxidation sites excluding steroid dienone is 4. The Morgan fingerprint density at radius 2 is 1.81 bits per heavy atom. The maximum absolute atomic E-state index is 11.7. The van der Waals surface area contributed by atoms with Gasteiger partial charge in [-0.15, -0.1) is 0 Å². The van der Waals surface area contributed by atoms with Gasteiger partial charge >= 0.3 is 11.9 Å². The summed E-state index contributed by atoms with van der Waals surface area (Å²) >= 11 is 0. The van der Waals surface area contributed by atoms with Crippen LogP contribution in [0, 0.1) is 29.1 Å². The van der Waals surface area contributed by atoms with Crippen LogP contribution in [0.25, 0.3) is 0 Å². The van der Waals surface area contributed by atoms with Crippen molar-refractivity contribution < 1.29 is 19.1 Å². The highest BCUT2D eigenvalue weighted by molar-refractivity contribution is 5.67. The largest absolute Gasteiger partial charge is 0.459 e. The zero-order valence-electron chi connectivity index (χ0n) is 17.0. The Morgan fingerprint density at radius 1 is 1.04 bits per heavy atom. The van der Waals surface area contributed by atoms with Crippen LogP contribution < -0.4 is 0 Å². The maximum atomic E-state index is 11.7. The normalized spacial score (nSPS) is 42.8. The Kier molecular flexibility index (Phi) is 4.51. The number of rotatable bonds is 2. The first kappa shape index (κ1) is 18.8. The van der Waals surface area contributed by atoms with Crippen molar-refractivity contribution in [3.05, 3.63) is 23.5 Å². The first-order chi connectivity index (χ1) is 12.7. The van der Waals surface area contributed by atoms with Crippen LogP contribution in [0.15, 0.2) is 23.5 Å². The number of ether oxygens (including phenoxy) is 2. The van der Waals surface area contributed by atoms with Crippen LogP contribution in [-0.4, -0.2) is 17.5 Å². The molecule has 1 unspecified atom stereocenters. The van der Waals surface area contributed by atoms with Gasteiger partial charge in [0, 0.05) is 25.7 Å². The summed E-state index contributed by atoms with van der Waals surface area (Å²) in [7, 11) is 0. The monoisotopic (exact) mass is 372 g/mol. The molecule has 0 aromatic rings. The van der Waals surface area contributed by atoms with Gasteiger partial charge in [0.1, 0.15) is 11.4 Å². The van der Waals surface area contributed by atoms with E-state index in [-0.39, 0.29) is 23.0 Å². The second kappa shape index (κ2) is 6.49. The lowest BCUT2D eigenvalue weighted by atomic mass is 9.51. The second-order valence-electron chi connectivity index (χ2n) is 9.54. The van der Waals surface area contributed by atoms with Crippen molar-refractivity contribution in [2.24, 2.45) is 29.1 Å². The molecule has 2 fully saturated rings. The topological polar surface area (TPSA) is 52.6 Å². The lowest BCUT2D eigenvalue weighted by Gasteiger charge is -2.54. The lowest BCUT2D eigenvalue weighted by molar-refractivity contribution is -0.175. The van der Waals surface area contributed by atoms with Crippen LogP contribution in [0.4, 0.5) is 0 Å². The van der Waals surface area contributed by atoms with Crippen LogP contribution in [0.2, 0.25) is 0 Å². The van der Waals surface area contributed by atoms with E-state index >= 15 is 0 Å². The standard InChI is InChI=1S/C23H32O4/c1-14(24)26-17-6-8-18-16(13-17)5-7-20-19(18)9-11-22(3)21(20)10-12-23(22,4)27-15(2)25/h5,13,18-21H,6-12H2,1-4H3/t18-,19-,20+,21+,22-,23?/m0/s1. The molecular formula is C23H32O4. The van der Waals surface area contributed by atoms with E-state index in [0.717, 1.165) is 44.3 Å². The van der Waals surface area contributed by atoms with E-state index in [1.165, 1.54) is 25.8 Å². The highest BCUT2D eigenvalue weighted by atomic mass is 16.6. The van der Waals surface area contributed by atoms with Crippen LogP contribution in [0.5, 0.6) is 0 Å². The SMILES string of the molecule is CC(=O)OC1=CC2=CC[C@@H]3[C@@H](CC[C@@]4(C)[C@@H]3CCC4(C)OC(C)=O)[C@H]2CC1. The van der Waals surface area contributed by atoms with Crippen LogP contribution in [0.3, 0.4) is 0 Å². The number of hydrogen-bond donors (Lipinski definition) is 0. The third-order valence-corrected chi connectivity index (χ3v) is 8.27. The minimum absolute atomic E-state index is 0.0819. The fraction of sp³-hybridized carbons (Fsp3) is 0.739. The summed E-state index contributed by atoms with van der Waals surface area (Å²) in [6.07, 6.45) is 12.0. The summed E-state index contributed by atoms with van der Waals surface area (Å²) in [6, 6.07) is 0. The molecule has 0 N–H and O–H groups in total. The Bertz CT molecular complexity index is 720. The molecule has 2 saturated carbocycles. The van der Waals surface area contributed by atoms with Crippen molar-refractivity contribution in [2.75, 3.05) is 0 Å². The Hall–Kier alpha value is -1.58. The molecular weight excluding hydrogens is 340 g/mol. The predicted molar refractivity (Wildman–Crippen MR) is 102 cm³/mol. The molecule has 0 radical (unpaired) electrons. The van der Waals surface area contributed by atoms with Crippen LogP contribution in [-0.2, 0) is 19.1 Å². The molecule has 0 amide bonds. The molecule has 0 heterocycles. The summed E-state index contributed by atoms with van der Waals surface area (Å²) in [5.41, 5.74) is 1.13. The van der Waals surface area contributed by atoms with E-state index in [0.29, 0.717) is 23.7 Å². The Balaban J connectivity index is 1.58. The summed E-state index contributed by atoms with van der Waals surface area (Å²) in [5, 5.41) is 0. The fourth-order valence-electron chi connectivity index (χ4n) is 6.90. The molecule has 4 heteroatoms. The molecule has 0 spiro atoms. The highest BCUT2D eigenvalue weighted by Crippen LogP contribution is 2.65. The molecule has 27 heavy (non-hydrogen) atoms. The predicted octanol–water partition coefficient (Wildman–Crippen LogP) is 4.94. The molecule has 4 rings (SSSR count). The minimum Gasteiger partial charge on any atom is -0.459 e. The van der Waals surface area contributed by atoms with Gasteiger partial charge in [-0.1, -0.05) is 13.0 Å². The second-order valence-corrected chi connectivity index (χ2v) is 9.54. The van der Waals surface area contributed by atoms with E-state index in [1.807, 2.05) is 0 Å². The number of carbonyl (C=O) groups is 2. The average Bonchev–Trinajstić information content (AvgIpc) is 2.84. The summed E-state index contributed by atoms with van der Waals surface area (Å²) in [6.45, 7) is 7.54. The number of fused-ring (bicyclic) bond motifs is 5. The fourth-order valence-corrected chi connectivity index (χ4v) is 6.90. The highest BCUT2D eigenvalue weighted by Gasteiger charge is 2.62. The van der Waals surface area contributed by atoms with Gasteiger partial charge in [-0.25, -0.2) is 0 Å². The number of esters is 2. The first-order valence-corrected chi connectivity index (χ1v) is 10.5. The van der Waals surface area contributed by atoms with Crippen molar-refractivity contribution in [1.82, 2.24) is 0 Å². The van der Waals surface area contributed by atoms with Crippen LogP contribution >= 0.6 is 0 Å². The van der Waals surface area contributed by atoms with Gasteiger partial charge in [-0.3, -0.25) is 9.59 Å². The number of hydrogen-bond acceptors (Lipinski definition) is 4. The van der Waals surface area contributed by atoms with Crippen molar-refractivity contribution in [3.8, 4) is 0 Å². The zero-order valence-corrected chi connectivity index (χ0v) is 17.0. The lowest BCUT2D eigenvalue weighted by Crippen LogP contribution is -2.52. The van der Waals surface area contributed by atoms with Gasteiger partial charge in [0.25, 0.3) is 0 Å². The van der Waals surface area contributed by atoms with Gasteiger partial charge < -0.3 is 9.47 Å². The minimum atomic E-state index is -0.326. The van der Waals surface area contributed by atoms with E-state index in [1.54, 1.807) is 0 Å². The molecule has 4 aliphatic rings. The molecule has 148 valence electrons.